The van der Waals surface area contributed by atoms with Gasteiger partial charge in [-0.05, 0) is 43.2 Å². The van der Waals surface area contributed by atoms with E-state index in [4.69, 9.17) is 4.74 Å². The van der Waals surface area contributed by atoms with Gasteiger partial charge in [-0.2, -0.15) is 4.98 Å². The monoisotopic (exact) mass is 285 g/mol. The van der Waals surface area contributed by atoms with Crippen molar-refractivity contribution in [3.8, 4) is 17.0 Å². The highest BCUT2D eigenvalue weighted by Crippen LogP contribution is 2.21. The van der Waals surface area contributed by atoms with Crippen LogP contribution >= 0.6 is 0 Å². The van der Waals surface area contributed by atoms with Crippen molar-refractivity contribution in [2.24, 2.45) is 0 Å². The largest absolute Gasteiger partial charge is 0.497 e. The van der Waals surface area contributed by atoms with Gasteiger partial charge in [0.1, 0.15) is 11.4 Å². The van der Waals surface area contributed by atoms with Crippen molar-refractivity contribution in [1.82, 2.24) is 15.3 Å². The highest BCUT2D eigenvalue weighted by atomic mass is 16.5. The van der Waals surface area contributed by atoms with Crippen molar-refractivity contribution >= 4 is 5.91 Å². The number of carbonyl (C=O) groups is 1. The van der Waals surface area contributed by atoms with Gasteiger partial charge in [0.15, 0.2) is 0 Å². The molecule has 1 aromatic carbocycles. The highest BCUT2D eigenvalue weighted by molar-refractivity contribution is 5.93. The van der Waals surface area contributed by atoms with Gasteiger partial charge in [-0.25, -0.2) is 4.79 Å². The normalized spacial score (nSPS) is 13.8. The molecule has 0 spiro atoms. The summed E-state index contributed by atoms with van der Waals surface area (Å²) in [6, 6.07) is 8.97. The first-order valence-corrected chi connectivity index (χ1v) is 6.72. The fourth-order valence-corrected chi connectivity index (χ4v) is 1.98. The third kappa shape index (κ3) is 3.10. The van der Waals surface area contributed by atoms with Crippen molar-refractivity contribution in [2.75, 3.05) is 7.11 Å². The van der Waals surface area contributed by atoms with Crippen LogP contribution in [0.1, 0.15) is 23.3 Å². The molecular weight excluding hydrogens is 270 g/mol. The molecular formula is C15H15N3O3. The standard InChI is InChI=1S/C15H15N3O3/c1-21-11-6-2-9(3-7-11)12-8-13(18-15(20)17-12)14(19)16-10-4-5-10/h2-3,6-8,10H,4-5H2,1H3,(H,16,19)(H,17,18,20). The number of benzene rings is 1. The van der Waals surface area contributed by atoms with E-state index in [9.17, 15) is 9.59 Å². The summed E-state index contributed by atoms with van der Waals surface area (Å²) in [4.78, 5) is 30.0. The van der Waals surface area contributed by atoms with E-state index in [0.717, 1.165) is 24.2 Å². The summed E-state index contributed by atoms with van der Waals surface area (Å²) in [5.74, 6) is 0.446. The molecule has 3 rings (SSSR count). The molecule has 6 heteroatoms. The molecule has 1 fully saturated rings. The molecule has 2 N–H and O–H groups in total. The van der Waals surface area contributed by atoms with E-state index in [0.29, 0.717) is 5.69 Å². The van der Waals surface area contributed by atoms with E-state index in [2.05, 4.69) is 15.3 Å². The average Bonchev–Trinajstić information content (AvgIpc) is 3.30. The van der Waals surface area contributed by atoms with Gasteiger partial charge in [-0.15, -0.1) is 0 Å². The molecule has 6 nitrogen and oxygen atoms in total. The fourth-order valence-electron chi connectivity index (χ4n) is 1.98. The number of hydrogen-bond acceptors (Lipinski definition) is 4. The van der Waals surface area contributed by atoms with Gasteiger partial charge < -0.3 is 15.0 Å². The van der Waals surface area contributed by atoms with Crippen molar-refractivity contribution < 1.29 is 9.53 Å². The minimum absolute atomic E-state index is 0.229. The molecule has 0 aliphatic heterocycles. The minimum atomic E-state index is -0.538. The van der Waals surface area contributed by atoms with E-state index in [1.165, 1.54) is 0 Å². The number of nitrogens with zero attached hydrogens (tertiary/aromatic N) is 1. The summed E-state index contributed by atoms with van der Waals surface area (Å²) in [5, 5.41) is 2.84. The Morgan fingerprint density at radius 2 is 2.05 bits per heavy atom. The quantitative estimate of drug-likeness (QED) is 0.887. The molecule has 2 aromatic rings. The predicted octanol–water partition coefficient (Wildman–Crippen LogP) is 1.34. The van der Waals surface area contributed by atoms with Crippen LogP contribution in [-0.2, 0) is 0 Å². The lowest BCUT2D eigenvalue weighted by Gasteiger charge is -2.06. The topological polar surface area (TPSA) is 84.1 Å². The van der Waals surface area contributed by atoms with Gasteiger partial charge in [0.2, 0.25) is 0 Å². The van der Waals surface area contributed by atoms with Crippen LogP contribution in [-0.4, -0.2) is 29.0 Å². The van der Waals surface area contributed by atoms with Crippen LogP contribution in [0.2, 0.25) is 0 Å². The number of ether oxygens (including phenoxy) is 1. The Morgan fingerprint density at radius 3 is 2.67 bits per heavy atom. The van der Waals surface area contributed by atoms with Crippen molar-refractivity contribution in [1.29, 1.82) is 0 Å². The maximum Gasteiger partial charge on any atom is 0.346 e. The van der Waals surface area contributed by atoms with Gasteiger partial charge in [0, 0.05) is 11.6 Å². The second kappa shape index (κ2) is 5.40. The lowest BCUT2D eigenvalue weighted by atomic mass is 10.1. The maximum atomic E-state index is 12.0. The van der Waals surface area contributed by atoms with Crippen LogP contribution in [0.3, 0.4) is 0 Å². The number of carbonyl (C=O) groups excluding carboxylic acids is 1. The van der Waals surface area contributed by atoms with Gasteiger partial charge in [0.05, 0.1) is 12.8 Å². The lowest BCUT2D eigenvalue weighted by Crippen LogP contribution is -2.28. The predicted molar refractivity (Wildman–Crippen MR) is 77.3 cm³/mol. The smallest absolute Gasteiger partial charge is 0.346 e. The van der Waals surface area contributed by atoms with E-state index in [1.807, 2.05) is 0 Å². The van der Waals surface area contributed by atoms with E-state index >= 15 is 0 Å². The lowest BCUT2D eigenvalue weighted by molar-refractivity contribution is 0.0945. The Hall–Kier alpha value is -2.63. The molecule has 1 aliphatic carbocycles. The van der Waals surface area contributed by atoms with Crippen molar-refractivity contribution in [3.05, 3.63) is 46.5 Å². The summed E-state index contributed by atoms with van der Waals surface area (Å²) in [6.07, 6.45) is 1.98. The van der Waals surface area contributed by atoms with Crippen LogP contribution in [0.4, 0.5) is 0 Å². The first-order chi connectivity index (χ1) is 10.2. The molecule has 0 bridgehead atoms. The number of H-pyrrole nitrogens is 1. The Kier molecular flexibility index (Phi) is 3.43. The highest BCUT2D eigenvalue weighted by Gasteiger charge is 2.24. The SMILES string of the molecule is COc1ccc(-c2cc(C(=O)NC3CC3)[nH]c(=O)n2)cc1. The molecule has 1 heterocycles. The number of aromatic nitrogens is 2. The second-order valence-electron chi connectivity index (χ2n) is 4.96. The zero-order valence-electron chi connectivity index (χ0n) is 11.6. The van der Waals surface area contributed by atoms with Gasteiger partial charge in [-0.1, -0.05) is 0 Å². The van der Waals surface area contributed by atoms with Crippen LogP contribution in [0.25, 0.3) is 11.3 Å². The minimum Gasteiger partial charge on any atom is -0.497 e. The molecule has 0 unspecified atom stereocenters. The number of hydrogen-bond donors (Lipinski definition) is 2. The van der Waals surface area contributed by atoms with Gasteiger partial charge in [-0.3, -0.25) is 4.79 Å². The summed E-state index contributed by atoms with van der Waals surface area (Å²) in [6.45, 7) is 0. The molecule has 1 aromatic heterocycles. The molecule has 1 amide bonds. The van der Waals surface area contributed by atoms with E-state index in [-0.39, 0.29) is 17.6 Å². The summed E-state index contributed by atoms with van der Waals surface area (Å²) in [5.41, 5.74) is 0.904. The summed E-state index contributed by atoms with van der Waals surface area (Å²) in [7, 11) is 1.58. The van der Waals surface area contributed by atoms with Crippen molar-refractivity contribution in [2.45, 2.75) is 18.9 Å². The number of nitrogens with one attached hydrogen (secondary N) is 2. The molecule has 0 atom stereocenters. The second-order valence-corrected chi connectivity index (χ2v) is 4.96. The molecule has 1 saturated carbocycles. The Morgan fingerprint density at radius 1 is 1.33 bits per heavy atom. The zero-order chi connectivity index (χ0) is 14.8. The van der Waals surface area contributed by atoms with E-state index in [1.54, 1.807) is 37.4 Å². The Labute approximate surface area is 121 Å². The van der Waals surface area contributed by atoms with E-state index < -0.39 is 5.69 Å². The number of methoxy groups -OCH3 is 1. The molecule has 0 saturated heterocycles. The van der Waals surface area contributed by atoms with Crippen LogP contribution in [0, 0.1) is 0 Å². The third-order valence-corrected chi connectivity index (χ3v) is 3.29. The first-order valence-electron chi connectivity index (χ1n) is 6.72. The third-order valence-electron chi connectivity index (χ3n) is 3.29. The summed E-state index contributed by atoms with van der Waals surface area (Å²) < 4.78 is 5.09. The first kappa shape index (κ1) is 13.4. The van der Waals surface area contributed by atoms with Crippen LogP contribution in [0.15, 0.2) is 35.1 Å². The van der Waals surface area contributed by atoms with Crippen LogP contribution < -0.4 is 15.7 Å². The Bertz CT molecular complexity index is 718. The molecule has 108 valence electrons. The van der Waals surface area contributed by atoms with Crippen molar-refractivity contribution in [3.63, 3.8) is 0 Å². The summed E-state index contributed by atoms with van der Waals surface area (Å²) >= 11 is 0. The van der Waals surface area contributed by atoms with Gasteiger partial charge >= 0.3 is 5.69 Å². The van der Waals surface area contributed by atoms with Crippen LogP contribution in [0.5, 0.6) is 5.75 Å². The van der Waals surface area contributed by atoms with Gasteiger partial charge in [0.25, 0.3) is 5.91 Å². The average molecular weight is 285 g/mol. The Balaban J connectivity index is 1.92. The maximum absolute atomic E-state index is 12.0. The molecule has 21 heavy (non-hydrogen) atoms. The molecule has 1 aliphatic rings. The zero-order valence-corrected chi connectivity index (χ0v) is 11.6. The number of aromatic amines is 1. The molecule has 0 radical (unpaired) electrons. The number of amides is 1. The number of rotatable bonds is 4. The fraction of sp³-hybridized carbons (Fsp3) is 0.267.